The second-order valence-corrected chi connectivity index (χ2v) is 6.52. The van der Waals surface area contributed by atoms with Crippen molar-refractivity contribution in [1.82, 2.24) is 4.31 Å². The molecule has 0 bridgehead atoms. The predicted molar refractivity (Wildman–Crippen MR) is 81.7 cm³/mol. The van der Waals surface area contributed by atoms with Gasteiger partial charge in [-0.05, 0) is 43.5 Å². The minimum atomic E-state index is -3.50. The first kappa shape index (κ1) is 16.7. The Labute approximate surface area is 122 Å². The van der Waals surface area contributed by atoms with Crippen LogP contribution in [0.4, 0.5) is 0 Å². The van der Waals surface area contributed by atoms with E-state index in [1.165, 1.54) is 4.31 Å². The largest absolute Gasteiger partial charge is 0.330 e. The smallest absolute Gasteiger partial charge is 0.243 e. The lowest BCUT2D eigenvalue weighted by molar-refractivity contribution is 0.445. The highest BCUT2D eigenvalue weighted by atomic mass is 32.2. The predicted octanol–water partition coefficient (Wildman–Crippen LogP) is 1.61. The van der Waals surface area contributed by atoms with E-state index in [-0.39, 0.29) is 11.4 Å². The molecule has 0 fully saturated rings. The van der Waals surface area contributed by atoms with Crippen molar-refractivity contribution < 1.29 is 8.42 Å². The van der Waals surface area contributed by atoms with Crippen molar-refractivity contribution in [2.75, 3.05) is 19.6 Å². The molecule has 1 rings (SSSR count). The van der Waals surface area contributed by atoms with Gasteiger partial charge in [0.15, 0.2) is 0 Å². The highest BCUT2D eigenvalue weighted by Crippen LogP contribution is 2.17. The molecule has 0 aromatic heterocycles. The van der Waals surface area contributed by atoms with Gasteiger partial charge < -0.3 is 5.73 Å². The summed E-state index contributed by atoms with van der Waals surface area (Å²) in [5.41, 5.74) is 6.55. The van der Waals surface area contributed by atoms with Gasteiger partial charge in [0, 0.05) is 6.54 Å². The summed E-state index contributed by atoms with van der Waals surface area (Å²) in [5, 5.41) is 0. The van der Waals surface area contributed by atoms with Gasteiger partial charge in [-0.3, -0.25) is 0 Å². The summed E-state index contributed by atoms with van der Waals surface area (Å²) >= 11 is 0. The van der Waals surface area contributed by atoms with Crippen molar-refractivity contribution in [2.45, 2.75) is 31.1 Å². The molecule has 110 valence electrons. The summed E-state index contributed by atoms with van der Waals surface area (Å²) in [6, 6.07) is 6.95. The zero-order valence-corrected chi connectivity index (χ0v) is 12.7. The Morgan fingerprint density at radius 3 is 2.45 bits per heavy atom. The van der Waals surface area contributed by atoms with Crippen LogP contribution >= 0.6 is 0 Å². The van der Waals surface area contributed by atoms with Crippen LogP contribution in [0.5, 0.6) is 0 Å². The lowest BCUT2D eigenvalue weighted by atomic mass is 10.1. The Hall–Kier alpha value is -1.35. The third-order valence-electron chi connectivity index (χ3n) is 2.97. The van der Waals surface area contributed by atoms with Gasteiger partial charge >= 0.3 is 0 Å². The first-order chi connectivity index (χ1) is 9.56. The van der Waals surface area contributed by atoms with Crippen LogP contribution in [0.1, 0.15) is 25.3 Å². The first-order valence-corrected chi connectivity index (χ1v) is 8.23. The molecule has 0 aliphatic rings. The van der Waals surface area contributed by atoms with Gasteiger partial charge in [-0.25, -0.2) is 8.42 Å². The van der Waals surface area contributed by atoms with Gasteiger partial charge in [0.05, 0.1) is 11.4 Å². The van der Waals surface area contributed by atoms with Gasteiger partial charge in [0.1, 0.15) is 0 Å². The molecule has 0 spiro atoms. The molecule has 1 aromatic carbocycles. The molecule has 5 heteroatoms. The maximum absolute atomic E-state index is 12.4. The number of rotatable bonds is 8. The van der Waals surface area contributed by atoms with Crippen LogP contribution in [-0.4, -0.2) is 32.4 Å². The van der Waals surface area contributed by atoms with Crippen LogP contribution in [0, 0.1) is 12.3 Å². The van der Waals surface area contributed by atoms with E-state index in [1.54, 1.807) is 12.1 Å². The Morgan fingerprint density at radius 1 is 1.30 bits per heavy atom. The average molecular weight is 294 g/mol. The molecule has 0 saturated heterocycles. The van der Waals surface area contributed by atoms with Crippen molar-refractivity contribution >= 4 is 10.0 Å². The second-order valence-electron chi connectivity index (χ2n) is 4.58. The van der Waals surface area contributed by atoms with Crippen LogP contribution in [0.25, 0.3) is 0 Å². The minimum Gasteiger partial charge on any atom is -0.330 e. The molecule has 0 aliphatic heterocycles. The SMILES string of the molecule is C#CCN(CCC)S(=O)(=O)c1ccc(CCCN)cc1. The fourth-order valence-corrected chi connectivity index (χ4v) is 3.36. The third kappa shape index (κ3) is 4.34. The summed E-state index contributed by atoms with van der Waals surface area (Å²) < 4.78 is 26.2. The highest BCUT2D eigenvalue weighted by molar-refractivity contribution is 7.89. The zero-order valence-electron chi connectivity index (χ0n) is 11.9. The van der Waals surface area contributed by atoms with E-state index in [4.69, 9.17) is 12.2 Å². The van der Waals surface area contributed by atoms with Gasteiger partial charge in [-0.2, -0.15) is 4.31 Å². The van der Waals surface area contributed by atoms with E-state index in [1.807, 2.05) is 19.1 Å². The normalized spacial score (nSPS) is 11.5. The van der Waals surface area contributed by atoms with Gasteiger partial charge in [0.25, 0.3) is 0 Å². The van der Waals surface area contributed by atoms with Gasteiger partial charge in [0.2, 0.25) is 10.0 Å². The fraction of sp³-hybridized carbons (Fsp3) is 0.467. The Bertz CT molecular complexity index is 544. The molecule has 0 amide bonds. The van der Waals surface area contributed by atoms with E-state index >= 15 is 0 Å². The molecular weight excluding hydrogens is 272 g/mol. The summed E-state index contributed by atoms with van der Waals surface area (Å²) in [6.07, 6.45) is 7.73. The Balaban J connectivity index is 2.93. The van der Waals surface area contributed by atoms with Crippen LogP contribution in [0.2, 0.25) is 0 Å². The molecule has 0 atom stereocenters. The van der Waals surface area contributed by atoms with E-state index in [2.05, 4.69) is 5.92 Å². The number of nitrogens with zero attached hydrogens (tertiary/aromatic N) is 1. The van der Waals surface area contributed by atoms with Gasteiger partial charge in [-0.1, -0.05) is 25.0 Å². The van der Waals surface area contributed by atoms with Crippen molar-refractivity contribution in [3.8, 4) is 12.3 Å². The summed E-state index contributed by atoms with van der Waals surface area (Å²) in [4.78, 5) is 0.290. The molecule has 0 heterocycles. The molecular formula is C15H22N2O2S. The van der Waals surface area contributed by atoms with E-state index < -0.39 is 10.0 Å². The van der Waals surface area contributed by atoms with Crippen LogP contribution in [0.3, 0.4) is 0 Å². The lowest BCUT2D eigenvalue weighted by Gasteiger charge is -2.19. The Kier molecular flexibility index (Phi) is 6.73. The van der Waals surface area contributed by atoms with Gasteiger partial charge in [-0.15, -0.1) is 6.42 Å². The van der Waals surface area contributed by atoms with E-state index in [0.29, 0.717) is 13.1 Å². The van der Waals surface area contributed by atoms with E-state index in [9.17, 15) is 8.42 Å². The maximum Gasteiger partial charge on any atom is 0.243 e. The quantitative estimate of drug-likeness (QED) is 0.741. The highest BCUT2D eigenvalue weighted by Gasteiger charge is 2.22. The number of aryl methyl sites for hydroxylation is 1. The number of hydrogen-bond donors (Lipinski definition) is 1. The number of sulfonamides is 1. The van der Waals surface area contributed by atoms with Crippen molar-refractivity contribution in [3.63, 3.8) is 0 Å². The number of nitrogens with two attached hydrogens (primary N) is 1. The summed E-state index contributed by atoms with van der Waals surface area (Å²) in [7, 11) is -3.50. The third-order valence-corrected chi connectivity index (χ3v) is 4.83. The fourth-order valence-electron chi connectivity index (χ4n) is 1.92. The number of benzene rings is 1. The first-order valence-electron chi connectivity index (χ1n) is 6.78. The Morgan fingerprint density at radius 2 is 1.95 bits per heavy atom. The monoisotopic (exact) mass is 294 g/mol. The number of terminal acetylenes is 1. The molecule has 1 aromatic rings. The molecule has 0 unspecified atom stereocenters. The van der Waals surface area contributed by atoms with Crippen LogP contribution < -0.4 is 5.73 Å². The molecule has 0 saturated carbocycles. The second kappa shape index (κ2) is 8.05. The van der Waals surface area contributed by atoms with Crippen molar-refractivity contribution in [2.24, 2.45) is 5.73 Å². The molecule has 0 aliphatic carbocycles. The van der Waals surface area contributed by atoms with E-state index in [0.717, 1.165) is 24.8 Å². The maximum atomic E-state index is 12.4. The summed E-state index contributed by atoms with van der Waals surface area (Å²) in [5.74, 6) is 2.40. The lowest BCUT2D eigenvalue weighted by Crippen LogP contribution is -2.32. The molecule has 20 heavy (non-hydrogen) atoms. The van der Waals surface area contributed by atoms with Crippen LogP contribution in [0.15, 0.2) is 29.2 Å². The van der Waals surface area contributed by atoms with Crippen molar-refractivity contribution in [3.05, 3.63) is 29.8 Å². The molecule has 4 nitrogen and oxygen atoms in total. The topological polar surface area (TPSA) is 63.4 Å². The standard InChI is InChI=1S/C15H22N2O2S/c1-3-12-17(13-4-2)20(18,19)15-9-7-14(8-10-15)6-5-11-16/h1,7-10H,4-6,11-13,16H2,2H3. The zero-order chi connectivity index (χ0) is 15.0. The minimum absolute atomic E-state index is 0.102. The number of hydrogen-bond acceptors (Lipinski definition) is 3. The van der Waals surface area contributed by atoms with Crippen LogP contribution in [-0.2, 0) is 16.4 Å². The molecule has 2 N–H and O–H groups in total. The molecule has 0 radical (unpaired) electrons. The van der Waals surface area contributed by atoms with Crippen molar-refractivity contribution in [1.29, 1.82) is 0 Å². The average Bonchev–Trinajstić information content (AvgIpc) is 2.45. The summed E-state index contributed by atoms with van der Waals surface area (Å²) in [6.45, 7) is 3.09.